The number of nitrogens with zero attached hydrogens (tertiary/aromatic N) is 3. The van der Waals surface area contributed by atoms with E-state index in [0.29, 0.717) is 42.4 Å². The second-order valence-electron chi connectivity index (χ2n) is 7.68. The summed E-state index contributed by atoms with van der Waals surface area (Å²) in [6.07, 6.45) is 2.54. The van der Waals surface area contributed by atoms with E-state index in [-0.39, 0.29) is 23.3 Å². The maximum Gasteiger partial charge on any atom is 0.410 e. The molecule has 0 unspecified atom stereocenters. The summed E-state index contributed by atoms with van der Waals surface area (Å²) in [6, 6.07) is 1.41. The zero-order valence-corrected chi connectivity index (χ0v) is 15.5. The summed E-state index contributed by atoms with van der Waals surface area (Å²) >= 11 is 0. The first kappa shape index (κ1) is 18.2. The minimum absolute atomic E-state index is 0.0570. The largest absolute Gasteiger partial charge is 0.444 e. The number of rotatable bonds is 1. The van der Waals surface area contributed by atoms with Gasteiger partial charge in [-0.15, -0.1) is 0 Å². The summed E-state index contributed by atoms with van der Waals surface area (Å²) in [7, 11) is 0. The second kappa shape index (κ2) is 6.59. The third-order valence-corrected chi connectivity index (χ3v) is 4.55. The average molecular weight is 360 g/mol. The van der Waals surface area contributed by atoms with E-state index in [2.05, 4.69) is 10.2 Å². The molecule has 0 radical (unpaired) electrons. The third-order valence-electron chi connectivity index (χ3n) is 4.55. The predicted octanol–water partition coefficient (Wildman–Crippen LogP) is 1.97. The van der Waals surface area contributed by atoms with Gasteiger partial charge in [-0.25, -0.2) is 9.89 Å². The first-order valence-electron chi connectivity index (χ1n) is 8.75. The van der Waals surface area contributed by atoms with Crippen LogP contribution in [-0.4, -0.2) is 44.4 Å². The number of aryl methyl sites for hydroxylation is 1. The standard InChI is InChI=1S/C18H24N4O4/c1-11-13-9-15(23)22(10-14(13)16(24)20-19-11)12-5-7-21(8-6-12)17(25)26-18(2,3)4/h9-10,12H,5-8H2,1-4H3,(H,20,24). The molecule has 3 heterocycles. The molecule has 8 nitrogen and oxygen atoms in total. The number of aromatic amines is 1. The van der Waals surface area contributed by atoms with Gasteiger partial charge in [0.2, 0.25) is 0 Å². The van der Waals surface area contributed by atoms with Crippen molar-refractivity contribution < 1.29 is 9.53 Å². The molecular weight excluding hydrogens is 336 g/mol. The number of amides is 1. The molecule has 1 amide bonds. The maximum atomic E-state index is 12.5. The van der Waals surface area contributed by atoms with Gasteiger partial charge >= 0.3 is 6.09 Å². The molecular formula is C18H24N4O4. The normalized spacial score (nSPS) is 16.1. The SMILES string of the molecule is Cc1n[nH]c(=O)c2cn(C3CCN(C(=O)OC(C)(C)C)CC3)c(=O)cc12. The molecule has 1 saturated heterocycles. The topological polar surface area (TPSA) is 97.3 Å². The zero-order valence-electron chi connectivity index (χ0n) is 15.5. The van der Waals surface area contributed by atoms with E-state index in [0.717, 1.165) is 0 Å². The highest BCUT2D eigenvalue weighted by Gasteiger charge is 2.28. The molecule has 8 heteroatoms. The quantitative estimate of drug-likeness (QED) is 0.838. The van der Waals surface area contributed by atoms with E-state index >= 15 is 0 Å². The Bertz CT molecular complexity index is 946. The molecule has 26 heavy (non-hydrogen) atoms. The lowest BCUT2D eigenvalue weighted by Crippen LogP contribution is -2.43. The van der Waals surface area contributed by atoms with Gasteiger partial charge in [0.05, 0.1) is 11.1 Å². The van der Waals surface area contributed by atoms with Crippen molar-refractivity contribution in [3.8, 4) is 0 Å². The molecule has 140 valence electrons. The smallest absolute Gasteiger partial charge is 0.410 e. The Balaban J connectivity index is 1.81. The van der Waals surface area contributed by atoms with Gasteiger partial charge in [0.15, 0.2) is 0 Å². The van der Waals surface area contributed by atoms with Gasteiger partial charge in [0, 0.05) is 36.8 Å². The molecule has 3 rings (SSSR count). The molecule has 2 aromatic heterocycles. The summed E-state index contributed by atoms with van der Waals surface area (Å²) in [6.45, 7) is 8.27. The number of likely N-dealkylation sites (tertiary alicyclic amines) is 1. The molecule has 0 saturated carbocycles. The minimum Gasteiger partial charge on any atom is -0.444 e. The summed E-state index contributed by atoms with van der Waals surface area (Å²) in [4.78, 5) is 38.4. The van der Waals surface area contributed by atoms with E-state index in [4.69, 9.17) is 4.74 Å². The Labute approximate surface area is 150 Å². The Morgan fingerprint density at radius 2 is 1.88 bits per heavy atom. The molecule has 0 bridgehead atoms. The van der Waals surface area contributed by atoms with Crippen LogP contribution >= 0.6 is 0 Å². The molecule has 2 aromatic rings. The highest BCUT2D eigenvalue weighted by Crippen LogP contribution is 2.23. The lowest BCUT2D eigenvalue weighted by Gasteiger charge is -2.34. The van der Waals surface area contributed by atoms with Crippen LogP contribution in [0.25, 0.3) is 10.8 Å². The number of H-pyrrole nitrogens is 1. The Kier molecular flexibility index (Phi) is 4.60. The van der Waals surface area contributed by atoms with Crippen molar-refractivity contribution >= 4 is 16.9 Å². The first-order valence-corrected chi connectivity index (χ1v) is 8.75. The van der Waals surface area contributed by atoms with Gasteiger partial charge in [0.25, 0.3) is 11.1 Å². The highest BCUT2D eigenvalue weighted by molar-refractivity contribution is 5.82. The van der Waals surface area contributed by atoms with E-state index < -0.39 is 5.60 Å². The molecule has 0 spiro atoms. The molecule has 1 N–H and O–H groups in total. The van der Waals surface area contributed by atoms with Crippen LogP contribution in [-0.2, 0) is 4.74 Å². The van der Waals surface area contributed by atoms with Gasteiger partial charge in [-0.3, -0.25) is 9.59 Å². The fourth-order valence-electron chi connectivity index (χ4n) is 3.22. The van der Waals surface area contributed by atoms with Gasteiger partial charge in [0.1, 0.15) is 5.60 Å². The number of nitrogens with one attached hydrogen (secondary N) is 1. The van der Waals surface area contributed by atoms with Crippen LogP contribution in [0.1, 0.15) is 45.3 Å². The fraction of sp³-hybridized carbons (Fsp3) is 0.556. The summed E-state index contributed by atoms with van der Waals surface area (Å²) < 4.78 is 7.00. The fourth-order valence-corrected chi connectivity index (χ4v) is 3.22. The molecule has 1 aliphatic rings. The van der Waals surface area contributed by atoms with Crippen molar-refractivity contribution in [2.24, 2.45) is 0 Å². The average Bonchev–Trinajstić information content (AvgIpc) is 2.57. The van der Waals surface area contributed by atoms with E-state index in [9.17, 15) is 14.4 Å². The Hall–Kier alpha value is -2.64. The van der Waals surface area contributed by atoms with Crippen molar-refractivity contribution in [1.29, 1.82) is 0 Å². The third kappa shape index (κ3) is 3.63. The van der Waals surface area contributed by atoms with Crippen LogP contribution in [0.15, 0.2) is 21.9 Å². The molecule has 0 atom stereocenters. The Morgan fingerprint density at radius 3 is 2.50 bits per heavy atom. The van der Waals surface area contributed by atoms with Crippen LogP contribution in [0.5, 0.6) is 0 Å². The molecule has 1 aliphatic heterocycles. The number of piperidine rings is 1. The van der Waals surface area contributed by atoms with Gasteiger partial charge in [-0.05, 0) is 40.5 Å². The second-order valence-corrected chi connectivity index (χ2v) is 7.68. The molecule has 0 aliphatic carbocycles. The minimum atomic E-state index is -0.532. The van der Waals surface area contributed by atoms with Crippen molar-refractivity contribution in [2.45, 2.75) is 52.2 Å². The number of ether oxygens (including phenoxy) is 1. The predicted molar refractivity (Wildman–Crippen MR) is 97.4 cm³/mol. The number of pyridine rings is 1. The zero-order chi connectivity index (χ0) is 19.1. The maximum absolute atomic E-state index is 12.5. The highest BCUT2D eigenvalue weighted by atomic mass is 16.6. The number of carbonyl (C=O) groups is 1. The van der Waals surface area contributed by atoms with Gasteiger partial charge in [-0.1, -0.05) is 0 Å². The summed E-state index contributed by atoms with van der Waals surface area (Å²) in [5.41, 5.74) is -0.395. The van der Waals surface area contributed by atoms with Crippen molar-refractivity contribution in [3.05, 3.63) is 38.7 Å². The molecule has 1 fully saturated rings. The van der Waals surface area contributed by atoms with E-state index in [1.807, 2.05) is 20.8 Å². The lowest BCUT2D eigenvalue weighted by atomic mass is 10.0. The van der Waals surface area contributed by atoms with E-state index in [1.54, 1.807) is 22.6 Å². The number of carbonyl (C=O) groups excluding carboxylic acids is 1. The van der Waals surface area contributed by atoms with Crippen molar-refractivity contribution in [1.82, 2.24) is 19.7 Å². The van der Waals surface area contributed by atoms with Crippen LogP contribution in [0.4, 0.5) is 4.79 Å². The Morgan fingerprint density at radius 1 is 1.23 bits per heavy atom. The van der Waals surface area contributed by atoms with Crippen LogP contribution in [0, 0.1) is 6.92 Å². The number of fused-ring (bicyclic) bond motifs is 1. The number of aromatic nitrogens is 3. The number of hydrogen-bond donors (Lipinski definition) is 1. The van der Waals surface area contributed by atoms with Crippen LogP contribution in [0.3, 0.4) is 0 Å². The number of hydrogen-bond acceptors (Lipinski definition) is 5. The van der Waals surface area contributed by atoms with Crippen molar-refractivity contribution in [3.63, 3.8) is 0 Å². The van der Waals surface area contributed by atoms with Gasteiger partial charge < -0.3 is 14.2 Å². The summed E-state index contributed by atoms with van der Waals surface area (Å²) in [5.74, 6) is 0. The van der Waals surface area contributed by atoms with Gasteiger partial charge in [-0.2, -0.15) is 5.10 Å². The van der Waals surface area contributed by atoms with Crippen LogP contribution in [0.2, 0.25) is 0 Å². The monoisotopic (exact) mass is 360 g/mol. The van der Waals surface area contributed by atoms with Crippen LogP contribution < -0.4 is 11.1 Å². The van der Waals surface area contributed by atoms with E-state index in [1.165, 1.54) is 6.07 Å². The van der Waals surface area contributed by atoms with Crippen molar-refractivity contribution in [2.75, 3.05) is 13.1 Å². The first-order chi connectivity index (χ1) is 12.2. The lowest BCUT2D eigenvalue weighted by molar-refractivity contribution is 0.0187. The summed E-state index contributed by atoms with van der Waals surface area (Å²) in [5, 5.41) is 7.37. The molecule has 0 aromatic carbocycles.